The van der Waals surface area contributed by atoms with Gasteiger partial charge in [-0.1, -0.05) is 25.5 Å². The van der Waals surface area contributed by atoms with Gasteiger partial charge in [0.15, 0.2) is 11.5 Å². The van der Waals surface area contributed by atoms with E-state index >= 15 is 0 Å². The number of hydrogen-bond acceptors (Lipinski definition) is 5. The molecule has 0 aromatic heterocycles. The van der Waals surface area contributed by atoms with Gasteiger partial charge >= 0.3 is 0 Å². The van der Waals surface area contributed by atoms with Crippen molar-refractivity contribution in [3.63, 3.8) is 0 Å². The summed E-state index contributed by atoms with van der Waals surface area (Å²) in [5.41, 5.74) is 5.38. The molecule has 1 amide bonds. The number of nitrogens with one attached hydrogen (secondary N) is 2. The highest BCUT2D eigenvalue weighted by Gasteiger charge is 2.29. The molecule has 2 aliphatic rings. The first-order chi connectivity index (χ1) is 15.9. The van der Waals surface area contributed by atoms with Crippen LogP contribution in [0.2, 0.25) is 0 Å². The number of rotatable bonds is 7. The Kier molecular flexibility index (Phi) is 6.94. The van der Waals surface area contributed by atoms with Crippen molar-refractivity contribution in [1.82, 2.24) is 4.90 Å². The summed E-state index contributed by atoms with van der Waals surface area (Å²) >= 11 is 0. The summed E-state index contributed by atoms with van der Waals surface area (Å²) in [5, 5.41) is 6.45. The van der Waals surface area contributed by atoms with Crippen LogP contribution in [0.5, 0.6) is 11.5 Å². The van der Waals surface area contributed by atoms with Crippen molar-refractivity contribution in [2.45, 2.75) is 65.1 Å². The van der Waals surface area contributed by atoms with E-state index in [0.717, 1.165) is 29.2 Å². The molecule has 1 fully saturated rings. The molecule has 0 bridgehead atoms. The van der Waals surface area contributed by atoms with Gasteiger partial charge in [-0.2, -0.15) is 0 Å². The topological polar surface area (TPSA) is 62.8 Å². The molecule has 33 heavy (non-hydrogen) atoms. The third kappa shape index (κ3) is 4.71. The molecular weight excluding hydrogens is 414 g/mol. The van der Waals surface area contributed by atoms with Gasteiger partial charge in [-0.05, 0) is 56.9 Å². The molecule has 176 valence electrons. The smallest absolute Gasteiger partial charge is 0.258 e. The molecule has 2 N–H and O–H groups in total. The first-order valence-corrected chi connectivity index (χ1v) is 11.9. The van der Waals surface area contributed by atoms with Gasteiger partial charge in [-0.15, -0.1) is 0 Å². The highest BCUT2D eigenvalue weighted by Crippen LogP contribution is 2.42. The predicted octanol–water partition coefficient (Wildman–Crippen LogP) is 5.65. The van der Waals surface area contributed by atoms with E-state index in [1.807, 2.05) is 12.1 Å². The van der Waals surface area contributed by atoms with Gasteiger partial charge in [0, 0.05) is 41.6 Å². The molecule has 2 aromatic carbocycles. The first kappa shape index (κ1) is 23.2. The zero-order valence-electron chi connectivity index (χ0n) is 20.3. The van der Waals surface area contributed by atoms with Crippen LogP contribution in [0.3, 0.4) is 0 Å². The Morgan fingerprint density at radius 3 is 2.30 bits per heavy atom. The summed E-state index contributed by atoms with van der Waals surface area (Å²) in [6.45, 7) is 7.69. The molecule has 2 atom stereocenters. The Balaban J connectivity index is 1.56. The lowest BCUT2D eigenvalue weighted by atomic mass is 9.96. The number of anilines is 2. The number of methoxy groups -OCH3 is 2. The number of allylic oxidation sites excluding steroid dienone is 1. The van der Waals surface area contributed by atoms with Crippen molar-refractivity contribution in [1.29, 1.82) is 0 Å². The molecule has 0 spiro atoms. The fraction of sp³-hybridized carbons (Fsp3) is 0.444. The van der Waals surface area contributed by atoms with Crippen LogP contribution in [-0.2, 0) is 11.3 Å². The van der Waals surface area contributed by atoms with Crippen LogP contribution < -0.4 is 20.1 Å². The second-order valence-corrected chi connectivity index (χ2v) is 9.04. The van der Waals surface area contributed by atoms with Crippen molar-refractivity contribution in [2.24, 2.45) is 0 Å². The van der Waals surface area contributed by atoms with E-state index < -0.39 is 0 Å². The summed E-state index contributed by atoms with van der Waals surface area (Å²) in [5.74, 6) is 1.08. The van der Waals surface area contributed by atoms with Crippen molar-refractivity contribution in [3.8, 4) is 11.5 Å². The minimum atomic E-state index is -0.116. The molecule has 2 aliphatic heterocycles. The molecule has 0 saturated carbocycles. The minimum Gasteiger partial charge on any atom is -0.493 e. The van der Waals surface area contributed by atoms with Crippen molar-refractivity contribution in [3.05, 3.63) is 53.2 Å². The van der Waals surface area contributed by atoms with Gasteiger partial charge in [-0.3, -0.25) is 9.69 Å². The summed E-state index contributed by atoms with van der Waals surface area (Å²) in [4.78, 5) is 15.5. The molecule has 2 aromatic rings. The molecule has 6 nitrogen and oxygen atoms in total. The lowest BCUT2D eigenvalue weighted by Gasteiger charge is -2.39. The second-order valence-electron chi connectivity index (χ2n) is 9.04. The van der Waals surface area contributed by atoms with Crippen LogP contribution >= 0.6 is 0 Å². The van der Waals surface area contributed by atoms with E-state index in [-0.39, 0.29) is 5.91 Å². The van der Waals surface area contributed by atoms with E-state index in [1.54, 1.807) is 14.2 Å². The number of fused-ring (bicyclic) bond motifs is 1. The van der Waals surface area contributed by atoms with E-state index in [2.05, 4.69) is 60.6 Å². The predicted molar refractivity (Wildman–Crippen MR) is 134 cm³/mol. The Bertz CT molecular complexity index is 1040. The van der Waals surface area contributed by atoms with Crippen LogP contribution in [0.1, 0.15) is 57.6 Å². The Morgan fingerprint density at radius 1 is 1.06 bits per heavy atom. The number of likely N-dealkylation sites (tertiary alicyclic amines) is 1. The number of carbonyl (C=O) groups is 1. The zero-order chi connectivity index (χ0) is 23.5. The summed E-state index contributed by atoms with van der Waals surface area (Å²) in [6, 6.07) is 13.5. The normalized spacial score (nSPS) is 21.9. The maximum Gasteiger partial charge on any atom is 0.258 e. The molecule has 1 saturated heterocycles. The standard InChI is InChI=1S/C27H35N3O3/c1-6-22(26-21-14-24(32-4)25(33-5)15-23(21)29-27(26)31)28-20-12-10-19(11-13-20)16-30-17(2)8-7-9-18(30)3/h10-15,17-18,28H,6-9,16H2,1-5H3,(H,29,31)/b26-22-. The lowest BCUT2D eigenvalue weighted by molar-refractivity contribution is -0.110. The van der Waals surface area contributed by atoms with E-state index in [4.69, 9.17) is 9.47 Å². The third-order valence-electron chi connectivity index (χ3n) is 6.91. The highest BCUT2D eigenvalue weighted by molar-refractivity contribution is 6.32. The van der Waals surface area contributed by atoms with Gasteiger partial charge in [0.25, 0.3) is 5.91 Å². The van der Waals surface area contributed by atoms with Gasteiger partial charge < -0.3 is 20.1 Å². The Hall–Kier alpha value is -2.99. The number of hydrogen-bond donors (Lipinski definition) is 2. The monoisotopic (exact) mass is 449 g/mol. The van der Waals surface area contributed by atoms with Crippen LogP contribution in [0.4, 0.5) is 11.4 Å². The molecule has 6 heteroatoms. The third-order valence-corrected chi connectivity index (χ3v) is 6.91. The number of ether oxygens (including phenoxy) is 2. The molecule has 0 radical (unpaired) electrons. The highest BCUT2D eigenvalue weighted by atomic mass is 16.5. The van der Waals surface area contributed by atoms with Gasteiger partial charge in [0.05, 0.1) is 25.5 Å². The van der Waals surface area contributed by atoms with Crippen molar-refractivity contribution in [2.75, 3.05) is 24.9 Å². The summed E-state index contributed by atoms with van der Waals surface area (Å²) in [6.07, 6.45) is 4.57. The largest absolute Gasteiger partial charge is 0.493 e. The molecule has 4 rings (SSSR count). The fourth-order valence-electron chi connectivity index (χ4n) is 4.99. The quantitative estimate of drug-likeness (QED) is 0.535. The first-order valence-electron chi connectivity index (χ1n) is 11.9. The summed E-state index contributed by atoms with van der Waals surface area (Å²) < 4.78 is 10.8. The van der Waals surface area contributed by atoms with Crippen LogP contribution in [-0.4, -0.2) is 37.1 Å². The van der Waals surface area contributed by atoms with Gasteiger partial charge in [0.2, 0.25) is 0 Å². The number of piperidine rings is 1. The molecular formula is C27H35N3O3. The average Bonchev–Trinajstić information content (AvgIpc) is 3.14. The molecule has 2 heterocycles. The Morgan fingerprint density at radius 2 is 1.70 bits per heavy atom. The molecule has 0 aliphatic carbocycles. The van der Waals surface area contributed by atoms with Crippen molar-refractivity contribution >= 4 is 22.9 Å². The SMILES string of the molecule is CC/C(Nc1ccc(CN2C(C)CCCC2C)cc1)=C1/C(=O)Nc2cc(OC)c(OC)cc21. The van der Waals surface area contributed by atoms with E-state index in [9.17, 15) is 4.79 Å². The fourth-order valence-corrected chi connectivity index (χ4v) is 4.99. The maximum absolute atomic E-state index is 12.9. The zero-order valence-corrected chi connectivity index (χ0v) is 20.3. The maximum atomic E-state index is 12.9. The number of amides is 1. The van der Waals surface area contributed by atoms with E-state index in [0.29, 0.717) is 35.6 Å². The number of nitrogens with zero attached hydrogens (tertiary/aromatic N) is 1. The van der Waals surface area contributed by atoms with Gasteiger partial charge in [0.1, 0.15) is 0 Å². The van der Waals surface area contributed by atoms with Crippen molar-refractivity contribution < 1.29 is 14.3 Å². The second kappa shape index (κ2) is 9.87. The van der Waals surface area contributed by atoms with Crippen LogP contribution in [0.15, 0.2) is 42.1 Å². The van der Waals surface area contributed by atoms with E-state index in [1.165, 1.54) is 24.8 Å². The van der Waals surface area contributed by atoms with Crippen LogP contribution in [0.25, 0.3) is 5.57 Å². The summed E-state index contributed by atoms with van der Waals surface area (Å²) in [7, 11) is 3.19. The molecule has 2 unspecified atom stereocenters. The average molecular weight is 450 g/mol. The Labute approximate surface area is 197 Å². The lowest BCUT2D eigenvalue weighted by Crippen LogP contribution is -2.42. The minimum absolute atomic E-state index is 0.116. The van der Waals surface area contributed by atoms with Crippen LogP contribution in [0, 0.1) is 0 Å². The number of benzene rings is 2. The van der Waals surface area contributed by atoms with Gasteiger partial charge in [-0.25, -0.2) is 0 Å². The number of carbonyl (C=O) groups excluding carboxylic acids is 1.